The van der Waals surface area contributed by atoms with Crippen LogP contribution in [0.3, 0.4) is 0 Å². The number of carbonyl (C=O) groups is 1. The Morgan fingerprint density at radius 1 is 0.688 bits per heavy atom. The number of carbonyl (C=O) groups excluding carboxylic acids is 1. The zero-order valence-electron chi connectivity index (χ0n) is 35.3. The number of nitrogens with zero attached hydrogens (tertiary/aromatic N) is 6. The molecule has 1 aromatic heterocycles. The van der Waals surface area contributed by atoms with E-state index in [4.69, 9.17) is 10.2 Å². The van der Waals surface area contributed by atoms with Gasteiger partial charge in [0, 0.05) is 37.3 Å². The van der Waals surface area contributed by atoms with Crippen molar-refractivity contribution in [3.8, 4) is 11.5 Å². The summed E-state index contributed by atoms with van der Waals surface area (Å²) in [6.45, 7) is 3.36. The van der Waals surface area contributed by atoms with Crippen molar-refractivity contribution in [3.63, 3.8) is 0 Å². The molecule has 2 fully saturated rings. The highest BCUT2D eigenvalue weighted by molar-refractivity contribution is 7.93. The number of ketones is 1. The normalized spacial score (nSPS) is 17.0. The Morgan fingerprint density at radius 2 is 1.14 bits per heavy atom. The second kappa shape index (κ2) is 22.6. The van der Waals surface area contributed by atoms with Crippen molar-refractivity contribution in [2.24, 2.45) is 5.73 Å². The number of halogens is 4. The van der Waals surface area contributed by atoms with Crippen molar-refractivity contribution in [2.75, 3.05) is 65.9 Å². The van der Waals surface area contributed by atoms with Crippen LogP contribution in [0, 0.1) is 0 Å². The summed E-state index contributed by atoms with van der Waals surface area (Å²) in [5, 5.41) is 6.94. The maximum Gasteiger partial charge on any atom is 0.314 e. The van der Waals surface area contributed by atoms with Crippen LogP contribution in [0.2, 0.25) is 0 Å². The van der Waals surface area contributed by atoms with Gasteiger partial charge in [0.05, 0.1) is 42.5 Å². The van der Waals surface area contributed by atoms with Crippen LogP contribution in [-0.2, 0) is 33.1 Å². The van der Waals surface area contributed by atoms with Crippen LogP contribution in [0.1, 0.15) is 59.5 Å². The molecule has 2 saturated heterocycles. The Bertz CT molecular complexity index is 2450. The summed E-state index contributed by atoms with van der Waals surface area (Å²) in [7, 11) is -7.24. The van der Waals surface area contributed by atoms with Crippen LogP contribution >= 0.6 is 0 Å². The molecule has 4 aromatic carbocycles. The highest BCUT2D eigenvalue weighted by atomic mass is 32.2. The number of alkyl halides is 4. The van der Waals surface area contributed by atoms with E-state index in [0.717, 1.165) is 5.56 Å². The predicted octanol–water partition coefficient (Wildman–Crippen LogP) is 7.04. The molecule has 0 bridgehead atoms. The van der Waals surface area contributed by atoms with Crippen molar-refractivity contribution >= 4 is 37.2 Å². The average Bonchev–Trinajstić information content (AvgIpc) is 4.07. The molecule has 0 spiro atoms. The van der Waals surface area contributed by atoms with Gasteiger partial charge in [-0.25, -0.2) is 25.6 Å². The van der Waals surface area contributed by atoms with E-state index in [9.17, 15) is 39.2 Å². The largest absolute Gasteiger partial charge is 0.415 e. The number of rotatable bonds is 20. The lowest BCUT2D eigenvalue weighted by molar-refractivity contribution is 0.100. The maximum absolute atomic E-state index is 13.4. The first-order valence-electron chi connectivity index (χ1n) is 21.1. The molecule has 0 unspecified atom stereocenters. The van der Waals surface area contributed by atoms with Gasteiger partial charge in [-0.3, -0.25) is 13.4 Å². The molecule has 7 rings (SSSR count). The Hall–Kier alpha value is -5.21. The van der Waals surface area contributed by atoms with Crippen LogP contribution in [0.5, 0.6) is 0 Å². The number of para-hydroxylation sites is 2. The molecule has 0 amide bonds. The Labute approximate surface area is 372 Å². The summed E-state index contributed by atoms with van der Waals surface area (Å²) in [5.41, 5.74) is 8.95. The predicted molar refractivity (Wildman–Crippen MR) is 238 cm³/mol. The minimum Gasteiger partial charge on any atom is -0.415 e. The van der Waals surface area contributed by atoms with Crippen LogP contribution in [0.4, 0.5) is 28.9 Å². The molecule has 5 aromatic rings. The molecule has 2 aliphatic rings. The number of hydrogen-bond acceptors (Lipinski definition) is 11. The van der Waals surface area contributed by atoms with Crippen molar-refractivity contribution in [1.82, 2.24) is 20.0 Å². The van der Waals surface area contributed by atoms with Gasteiger partial charge in [-0.2, -0.15) is 8.78 Å². The third kappa shape index (κ3) is 13.7. The number of hydrogen-bond donors (Lipinski definition) is 1. The van der Waals surface area contributed by atoms with Gasteiger partial charge in [0.1, 0.15) is 12.3 Å². The number of nitrogens with two attached hydrogens (primary N) is 1. The number of aromatic nitrogens is 2. The molecule has 344 valence electrons. The molecule has 0 radical (unpaired) electrons. The van der Waals surface area contributed by atoms with Crippen LogP contribution in [0.15, 0.2) is 114 Å². The zero-order valence-corrected chi connectivity index (χ0v) is 36.9. The quantitative estimate of drug-likeness (QED) is 0.0629. The zero-order chi connectivity index (χ0) is 45.7. The number of likely N-dealkylation sites (tertiary alicyclic amines) is 2. The van der Waals surface area contributed by atoms with E-state index in [1.165, 1.54) is 8.61 Å². The summed E-state index contributed by atoms with van der Waals surface area (Å²) in [4.78, 5) is 15.6. The highest BCUT2D eigenvalue weighted by Crippen LogP contribution is 2.27. The van der Waals surface area contributed by atoms with E-state index >= 15 is 0 Å². The lowest BCUT2D eigenvalue weighted by atomic mass is 10.1. The van der Waals surface area contributed by atoms with E-state index in [2.05, 4.69) is 10.2 Å². The van der Waals surface area contributed by atoms with Crippen molar-refractivity contribution in [3.05, 3.63) is 132 Å². The average molecular weight is 928 g/mol. The Balaban J connectivity index is 0.000000214. The number of benzene rings is 4. The first-order chi connectivity index (χ1) is 30.7. The van der Waals surface area contributed by atoms with Crippen LogP contribution < -0.4 is 14.3 Å². The summed E-state index contributed by atoms with van der Waals surface area (Å²) in [6.07, 6.45) is -2.64. The van der Waals surface area contributed by atoms with Crippen molar-refractivity contribution in [1.29, 1.82) is 0 Å². The van der Waals surface area contributed by atoms with Gasteiger partial charge >= 0.3 is 6.43 Å². The van der Waals surface area contributed by atoms with Crippen LogP contribution in [0.25, 0.3) is 11.5 Å². The number of Topliss-reactive ketones (excluding diaryl/α,β-unsaturated/α-hetero) is 1. The SMILES string of the molecule is NCC(=O)c1ccc(CN(c2ccccc2)S(=O)(=O)CCCN2CC[C@H](F)C2)cc1.O=S(=O)(CCCN1CC[C@H](F)C1)N(Cc1ccc(-c2nnc(C(F)F)o2)cc1)c1ccccc1. The topological polar surface area (TPSA) is 163 Å². The fourth-order valence-corrected chi connectivity index (χ4v) is 10.5. The molecular weight excluding hydrogens is 875 g/mol. The van der Waals surface area contributed by atoms with Gasteiger partial charge in [-0.15, -0.1) is 10.2 Å². The second-order valence-electron chi connectivity index (χ2n) is 15.7. The van der Waals surface area contributed by atoms with E-state index in [-0.39, 0.29) is 42.8 Å². The minimum atomic E-state index is -3.66. The van der Waals surface area contributed by atoms with Gasteiger partial charge in [0.25, 0.3) is 5.89 Å². The monoisotopic (exact) mass is 927 g/mol. The lowest BCUT2D eigenvalue weighted by Gasteiger charge is -2.25. The number of anilines is 2. The Kier molecular flexibility index (Phi) is 17.0. The second-order valence-corrected chi connectivity index (χ2v) is 19.7. The van der Waals surface area contributed by atoms with Gasteiger partial charge < -0.3 is 20.0 Å². The molecule has 0 aliphatic carbocycles. The molecule has 3 heterocycles. The summed E-state index contributed by atoms with van der Waals surface area (Å²) < 4.78 is 113. The van der Waals surface area contributed by atoms with Crippen molar-refractivity contribution in [2.45, 2.75) is 57.5 Å². The summed E-state index contributed by atoms with van der Waals surface area (Å²) in [6, 6.07) is 31.2. The molecule has 2 N–H and O–H groups in total. The molecule has 2 aliphatic heterocycles. The van der Waals surface area contributed by atoms with E-state index in [1.807, 2.05) is 21.9 Å². The standard InChI is InChI=1S/C23H25F3N4O3S.C22H28FN3O3S/c24-19-11-13-29(16-19)12-4-14-34(31,32)30(20-5-2-1-3-6-20)15-17-7-9-18(10-8-17)22-27-28-23(33-22)21(25)26;23-20-11-13-25(17-20)12-4-14-30(28,29)26(21-5-2-1-3-6-21)16-18-7-9-19(10-8-18)22(27)15-24/h1-3,5-10,19,21H,4,11-16H2;1-3,5-10,20H,4,11-17,24H2/t19-;20-/m00/s1. The summed E-state index contributed by atoms with van der Waals surface area (Å²) >= 11 is 0. The highest BCUT2D eigenvalue weighted by Gasteiger charge is 2.27. The van der Waals surface area contributed by atoms with E-state index < -0.39 is 44.7 Å². The van der Waals surface area contributed by atoms with E-state index in [1.54, 1.807) is 97.1 Å². The Morgan fingerprint density at radius 3 is 1.53 bits per heavy atom. The minimum absolute atomic E-state index is 0.0148. The molecule has 0 saturated carbocycles. The van der Waals surface area contributed by atoms with Crippen molar-refractivity contribution < 1.29 is 43.6 Å². The molecular formula is C45H53F4N7O6S2. The maximum atomic E-state index is 13.4. The third-order valence-corrected chi connectivity index (χ3v) is 14.5. The summed E-state index contributed by atoms with van der Waals surface area (Å²) in [5.74, 6) is -1.03. The van der Waals surface area contributed by atoms with Gasteiger partial charge in [0.15, 0.2) is 5.78 Å². The fraction of sp³-hybridized carbons (Fsp3) is 0.400. The smallest absolute Gasteiger partial charge is 0.314 e. The first-order valence-corrected chi connectivity index (χ1v) is 24.3. The molecule has 19 heteroatoms. The lowest BCUT2D eigenvalue weighted by Crippen LogP contribution is -2.34. The van der Waals surface area contributed by atoms with Gasteiger partial charge in [-0.05, 0) is 86.3 Å². The molecule has 2 atom stereocenters. The molecule has 13 nitrogen and oxygen atoms in total. The van der Waals surface area contributed by atoms with Gasteiger partial charge in [-0.1, -0.05) is 72.8 Å². The third-order valence-electron chi connectivity index (χ3n) is 10.9. The molecule has 64 heavy (non-hydrogen) atoms. The number of sulfonamides is 2. The van der Waals surface area contributed by atoms with Gasteiger partial charge in [0.2, 0.25) is 25.9 Å². The van der Waals surface area contributed by atoms with E-state index in [0.29, 0.717) is 93.0 Å². The fourth-order valence-electron chi connectivity index (χ4n) is 7.47. The van der Waals surface area contributed by atoms with Crippen LogP contribution in [-0.4, -0.2) is 112 Å². The first kappa shape index (κ1) is 48.3.